The molecule has 0 aromatic rings. The molecule has 0 bridgehead atoms. The summed E-state index contributed by atoms with van der Waals surface area (Å²) in [6, 6.07) is 0.578. The molecule has 0 aromatic heterocycles. The molecule has 0 amide bonds. The Kier molecular flexibility index (Phi) is 15.1. The zero-order valence-corrected chi connectivity index (χ0v) is 32.6. The van der Waals surface area contributed by atoms with Gasteiger partial charge in [0.1, 0.15) is 0 Å². The van der Waals surface area contributed by atoms with E-state index in [0.717, 1.165) is 51.5 Å². The molecule has 0 spiro atoms. The quantitative estimate of drug-likeness (QED) is 0.0668. The fourth-order valence-electron chi connectivity index (χ4n) is 11.3. The zero-order valence-electron chi connectivity index (χ0n) is 31.8. The van der Waals surface area contributed by atoms with Gasteiger partial charge in [-0.1, -0.05) is 48.5 Å². The van der Waals surface area contributed by atoms with E-state index < -0.39 is 16.5 Å². The normalized spacial score (nSPS) is 36.5. The molecule has 282 valence electrons. The van der Waals surface area contributed by atoms with Gasteiger partial charge in [-0.25, -0.2) is 4.18 Å². The van der Waals surface area contributed by atoms with Crippen molar-refractivity contribution in [1.29, 1.82) is 0 Å². The molecule has 4 aliphatic carbocycles. The Bertz CT molecular complexity index is 1070. The van der Waals surface area contributed by atoms with Gasteiger partial charge in [0.05, 0.1) is 12.2 Å². The number of nitrogens with one attached hydrogen (secondary N) is 3. The van der Waals surface area contributed by atoms with Crippen molar-refractivity contribution < 1.29 is 22.3 Å². The lowest BCUT2D eigenvalue weighted by Crippen LogP contribution is -2.59. The molecule has 4 fully saturated rings. The minimum absolute atomic E-state index is 0.0156. The van der Waals surface area contributed by atoms with Gasteiger partial charge in [-0.2, -0.15) is 8.42 Å². The van der Waals surface area contributed by atoms with Crippen LogP contribution in [0.2, 0.25) is 0 Å². The maximum absolute atomic E-state index is 11.8. The summed E-state index contributed by atoms with van der Waals surface area (Å²) in [5.74, 6) is 4.00. The number of unbranched alkanes of at least 4 members (excludes halogenated alkanes) is 1. The maximum Gasteiger partial charge on any atom is 0.397 e. The van der Waals surface area contributed by atoms with Crippen molar-refractivity contribution in [2.75, 3.05) is 32.7 Å². The summed E-state index contributed by atoms with van der Waals surface area (Å²) in [6.07, 6.45) is 15.3. The number of hydrogen-bond acceptors (Lipinski definition) is 7. The monoisotopic (exact) mass is 698 g/mol. The van der Waals surface area contributed by atoms with Crippen molar-refractivity contribution in [3.63, 3.8) is 0 Å². The van der Waals surface area contributed by atoms with E-state index in [9.17, 15) is 18.1 Å². The van der Waals surface area contributed by atoms with Gasteiger partial charge in [0, 0.05) is 6.04 Å². The molecule has 4 unspecified atom stereocenters. The van der Waals surface area contributed by atoms with Gasteiger partial charge in [0.25, 0.3) is 0 Å². The summed E-state index contributed by atoms with van der Waals surface area (Å²) >= 11 is 0. The lowest BCUT2D eigenvalue weighted by atomic mass is 9.43. The van der Waals surface area contributed by atoms with Gasteiger partial charge >= 0.3 is 10.4 Å². The first-order chi connectivity index (χ1) is 22.7. The minimum atomic E-state index is -4.46. The fourth-order valence-corrected chi connectivity index (χ4v) is 12.0. The highest BCUT2D eigenvalue weighted by atomic mass is 32.3. The fraction of sp³-hybridized carbons (Fsp3) is 1.00. The van der Waals surface area contributed by atoms with Crippen LogP contribution < -0.4 is 16.0 Å². The molecular weight excluding hydrogens is 623 g/mol. The molecule has 5 N–H and O–H groups in total. The zero-order chi connectivity index (χ0) is 35.1. The summed E-state index contributed by atoms with van der Waals surface area (Å²) in [4.78, 5) is 0. The van der Waals surface area contributed by atoms with E-state index >= 15 is 0 Å². The molecule has 48 heavy (non-hydrogen) atoms. The highest BCUT2D eigenvalue weighted by Gasteiger charge is 2.62. The molecule has 0 heterocycles. The van der Waals surface area contributed by atoms with Gasteiger partial charge in [0.15, 0.2) is 0 Å². The van der Waals surface area contributed by atoms with Crippen LogP contribution >= 0.6 is 0 Å². The summed E-state index contributed by atoms with van der Waals surface area (Å²) in [5, 5.41) is 22.9. The number of aliphatic hydroxyl groups is 1. The van der Waals surface area contributed by atoms with Crippen LogP contribution in [0.5, 0.6) is 0 Å². The van der Waals surface area contributed by atoms with Crippen LogP contribution in [-0.4, -0.2) is 69.1 Å². The highest BCUT2D eigenvalue weighted by molar-refractivity contribution is 7.80. The van der Waals surface area contributed by atoms with Gasteiger partial charge in [-0.3, -0.25) is 4.55 Å². The van der Waals surface area contributed by atoms with E-state index in [1.807, 2.05) is 13.8 Å². The van der Waals surface area contributed by atoms with Gasteiger partial charge < -0.3 is 21.1 Å². The summed E-state index contributed by atoms with van der Waals surface area (Å²) in [5.41, 5.74) is 0.551. The Morgan fingerprint density at radius 3 is 2.08 bits per heavy atom. The van der Waals surface area contributed by atoms with Crippen molar-refractivity contribution in [1.82, 2.24) is 16.0 Å². The van der Waals surface area contributed by atoms with Gasteiger partial charge in [-0.15, -0.1) is 0 Å². The van der Waals surface area contributed by atoms with Gasteiger partial charge in [0.2, 0.25) is 0 Å². The third kappa shape index (κ3) is 10.4. The van der Waals surface area contributed by atoms with Crippen molar-refractivity contribution in [2.45, 2.75) is 157 Å². The highest BCUT2D eigenvalue weighted by Crippen LogP contribution is 2.68. The van der Waals surface area contributed by atoms with Crippen LogP contribution in [0.25, 0.3) is 0 Å². The smallest absolute Gasteiger partial charge is 0.393 e. The molecule has 11 atom stereocenters. The average Bonchev–Trinajstić information content (AvgIpc) is 3.36. The van der Waals surface area contributed by atoms with Gasteiger partial charge in [-0.05, 0) is 181 Å². The average molecular weight is 698 g/mol. The lowest BCUT2D eigenvalue weighted by Gasteiger charge is -2.62. The van der Waals surface area contributed by atoms with Crippen LogP contribution in [0.3, 0.4) is 0 Å². The topological polar surface area (TPSA) is 120 Å². The summed E-state index contributed by atoms with van der Waals surface area (Å²) < 4.78 is 37.2. The maximum atomic E-state index is 11.8. The van der Waals surface area contributed by atoms with Crippen LogP contribution in [-0.2, 0) is 14.6 Å². The molecular formula is C39H75N3O5S. The largest absolute Gasteiger partial charge is 0.397 e. The van der Waals surface area contributed by atoms with Crippen LogP contribution in [0.1, 0.15) is 138 Å². The molecule has 0 saturated heterocycles. The van der Waals surface area contributed by atoms with Crippen LogP contribution in [0, 0.1) is 58.2 Å². The Balaban J connectivity index is 1.21. The van der Waals surface area contributed by atoms with E-state index in [0.29, 0.717) is 53.4 Å². The van der Waals surface area contributed by atoms with E-state index in [2.05, 4.69) is 50.6 Å². The van der Waals surface area contributed by atoms with Crippen molar-refractivity contribution in [3.8, 4) is 0 Å². The molecule has 9 heteroatoms. The molecule has 4 saturated carbocycles. The first-order valence-electron chi connectivity index (χ1n) is 20.1. The van der Waals surface area contributed by atoms with E-state index in [4.69, 9.17) is 4.18 Å². The van der Waals surface area contributed by atoms with E-state index in [1.54, 1.807) is 0 Å². The third-order valence-corrected chi connectivity index (χ3v) is 14.6. The Morgan fingerprint density at radius 1 is 0.771 bits per heavy atom. The lowest BCUT2D eigenvalue weighted by molar-refractivity contribution is -0.167. The molecule has 0 aromatic carbocycles. The predicted molar refractivity (Wildman–Crippen MR) is 197 cm³/mol. The molecule has 0 radical (unpaired) electrons. The summed E-state index contributed by atoms with van der Waals surface area (Å²) in [7, 11) is -4.46. The molecule has 4 rings (SSSR count). The second-order valence-electron chi connectivity index (χ2n) is 18.1. The van der Waals surface area contributed by atoms with E-state index in [1.165, 1.54) is 70.6 Å². The standard InChI is InChI=1S/C39H75N3O5S/c1-27(2)17-24-41-21-9-8-20-40-22-10-23-42-31-15-18-38(6)30(25-31)26-35(43)37-33-13-12-32(39(33,7)19-16-34(37)38)29(5)11-14-36(28(3)4)47-48(44,45)46/h27-37,40-43H,8-26H2,1-7H3,(H,44,45,46)/t29-,30-,31+,32-,33?,34?,35?,36-,37?,38+,39-/m1/s1. The number of rotatable bonds is 20. The molecule has 8 nitrogen and oxygen atoms in total. The Morgan fingerprint density at radius 2 is 1.42 bits per heavy atom. The number of hydrogen-bond donors (Lipinski definition) is 5. The third-order valence-electron chi connectivity index (χ3n) is 14.2. The van der Waals surface area contributed by atoms with Crippen molar-refractivity contribution in [3.05, 3.63) is 0 Å². The predicted octanol–water partition coefficient (Wildman–Crippen LogP) is 7.23. The van der Waals surface area contributed by atoms with Crippen LogP contribution in [0.4, 0.5) is 0 Å². The number of fused-ring (bicyclic) bond motifs is 5. The first kappa shape index (κ1) is 40.5. The first-order valence-corrected chi connectivity index (χ1v) is 21.5. The van der Waals surface area contributed by atoms with Crippen molar-refractivity contribution >= 4 is 10.4 Å². The second-order valence-corrected chi connectivity index (χ2v) is 19.1. The Hall–Kier alpha value is -0.290. The summed E-state index contributed by atoms with van der Waals surface area (Å²) in [6.45, 7) is 21.4. The molecule has 0 aliphatic heterocycles. The SMILES string of the molecule is CC(C)CCNCCCCNCCCN[C@H]1CC[C@]2(C)C3CC[C@@]4(C)C(CC[C@@H]4[C@H](C)CC[C@@H](OS(=O)(=O)O)C(C)C)C3C(O)C[C@H]2C1. The van der Waals surface area contributed by atoms with Crippen molar-refractivity contribution in [2.24, 2.45) is 58.2 Å². The molecule has 4 aliphatic rings. The minimum Gasteiger partial charge on any atom is -0.393 e. The van der Waals surface area contributed by atoms with E-state index in [-0.39, 0.29) is 17.4 Å². The Labute approximate surface area is 295 Å². The number of aliphatic hydroxyl groups excluding tert-OH is 1. The van der Waals surface area contributed by atoms with Crippen LogP contribution in [0.15, 0.2) is 0 Å². The second kappa shape index (κ2) is 18.0.